The van der Waals surface area contributed by atoms with Crippen molar-refractivity contribution in [3.05, 3.63) is 81.1 Å². The zero-order chi connectivity index (χ0) is 24.1. The fourth-order valence-electron chi connectivity index (χ4n) is 5.15. The molecule has 3 heterocycles. The Labute approximate surface area is 202 Å². The van der Waals surface area contributed by atoms with E-state index in [9.17, 15) is 14.4 Å². The van der Waals surface area contributed by atoms with Gasteiger partial charge in [0, 0.05) is 45.3 Å². The van der Waals surface area contributed by atoms with E-state index in [1.807, 2.05) is 53.4 Å². The average molecular weight is 470 g/mol. The topological polar surface area (TPSA) is 80.4 Å². The second-order valence-corrected chi connectivity index (χ2v) is 9.49. The van der Waals surface area contributed by atoms with Crippen LogP contribution in [0, 0.1) is 5.92 Å². The van der Waals surface area contributed by atoms with Crippen LogP contribution >= 0.6 is 0 Å². The van der Waals surface area contributed by atoms with Crippen LogP contribution in [0.3, 0.4) is 0 Å². The van der Waals surface area contributed by atoms with Gasteiger partial charge in [0.25, 0.3) is 5.56 Å². The molecule has 6 rings (SSSR count). The Morgan fingerprint density at radius 2 is 1.71 bits per heavy atom. The second kappa shape index (κ2) is 8.37. The minimum atomic E-state index is -0.389. The van der Waals surface area contributed by atoms with Gasteiger partial charge in [0.2, 0.25) is 5.91 Å². The van der Waals surface area contributed by atoms with Gasteiger partial charge in [-0.3, -0.25) is 18.7 Å². The summed E-state index contributed by atoms with van der Waals surface area (Å²) in [5, 5.41) is 2.53. The number of carbonyl (C=O) groups excluding carboxylic acids is 1. The van der Waals surface area contributed by atoms with Gasteiger partial charge in [0.05, 0.1) is 12.2 Å². The third-order valence-electron chi connectivity index (χ3n) is 7.27. The molecule has 0 bridgehead atoms. The molecule has 0 unspecified atom stereocenters. The van der Waals surface area contributed by atoms with Crippen molar-refractivity contribution in [2.45, 2.75) is 19.4 Å². The molecule has 178 valence electrons. The molecule has 35 heavy (non-hydrogen) atoms. The number of anilines is 1. The molecule has 1 aliphatic heterocycles. The molecule has 0 N–H and O–H groups in total. The highest BCUT2D eigenvalue weighted by molar-refractivity contribution is 5.89. The van der Waals surface area contributed by atoms with Gasteiger partial charge in [-0.25, -0.2) is 9.78 Å². The van der Waals surface area contributed by atoms with Gasteiger partial charge in [-0.2, -0.15) is 0 Å². The number of nitrogens with zero attached hydrogens (tertiary/aromatic N) is 5. The highest BCUT2D eigenvalue weighted by Gasteiger charge is 2.35. The maximum absolute atomic E-state index is 13.8. The third kappa shape index (κ3) is 3.69. The molecule has 0 atom stereocenters. The fraction of sp³-hybridized carbons (Fsp3) is 0.333. The number of benzene rings is 2. The number of hydrogen-bond acceptors (Lipinski definition) is 5. The van der Waals surface area contributed by atoms with Crippen LogP contribution in [0.2, 0.25) is 0 Å². The molecule has 0 radical (unpaired) electrons. The van der Waals surface area contributed by atoms with Gasteiger partial charge in [0.15, 0.2) is 5.65 Å². The van der Waals surface area contributed by atoms with E-state index in [1.54, 1.807) is 13.2 Å². The smallest absolute Gasteiger partial charge is 0.332 e. The number of amides is 1. The first-order valence-corrected chi connectivity index (χ1v) is 12.1. The molecule has 1 aliphatic carbocycles. The first-order chi connectivity index (χ1) is 17.0. The van der Waals surface area contributed by atoms with E-state index in [-0.39, 0.29) is 29.6 Å². The van der Waals surface area contributed by atoms with Crippen molar-refractivity contribution in [3.8, 4) is 0 Å². The van der Waals surface area contributed by atoms with Crippen LogP contribution in [0.1, 0.15) is 18.4 Å². The first-order valence-electron chi connectivity index (χ1n) is 12.1. The summed E-state index contributed by atoms with van der Waals surface area (Å²) in [7, 11) is 1.66. The van der Waals surface area contributed by atoms with Gasteiger partial charge in [-0.1, -0.05) is 42.5 Å². The number of hydrogen-bond donors (Lipinski definition) is 0. The lowest BCUT2D eigenvalue weighted by Gasteiger charge is -2.36. The maximum atomic E-state index is 13.8. The van der Waals surface area contributed by atoms with Crippen molar-refractivity contribution in [2.75, 3.05) is 31.1 Å². The molecule has 2 aromatic carbocycles. The number of pyridine rings is 1. The van der Waals surface area contributed by atoms with E-state index in [1.165, 1.54) is 9.13 Å². The second-order valence-electron chi connectivity index (χ2n) is 9.49. The zero-order valence-corrected chi connectivity index (χ0v) is 19.7. The quantitative estimate of drug-likeness (QED) is 0.458. The Kier molecular flexibility index (Phi) is 5.16. The Hall–Kier alpha value is -3.94. The van der Waals surface area contributed by atoms with E-state index < -0.39 is 0 Å². The van der Waals surface area contributed by atoms with Crippen LogP contribution in [0.4, 0.5) is 5.69 Å². The lowest BCUT2D eigenvalue weighted by atomic mass is 10.0. The normalized spacial score (nSPS) is 16.3. The maximum Gasteiger partial charge on any atom is 0.332 e. The molecule has 8 nitrogen and oxygen atoms in total. The van der Waals surface area contributed by atoms with Crippen LogP contribution in [-0.4, -0.2) is 51.1 Å². The van der Waals surface area contributed by atoms with Crippen LogP contribution < -0.4 is 16.1 Å². The third-order valence-corrected chi connectivity index (χ3v) is 7.27. The van der Waals surface area contributed by atoms with Crippen molar-refractivity contribution in [1.82, 2.24) is 19.0 Å². The first kappa shape index (κ1) is 21.6. The molecule has 1 amide bonds. The molecular weight excluding hydrogens is 442 g/mol. The van der Waals surface area contributed by atoms with Crippen molar-refractivity contribution in [2.24, 2.45) is 13.0 Å². The van der Waals surface area contributed by atoms with E-state index in [4.69, 9.17) is 0 Å². The van der Waals surface area contributed by atoms with Crippen LogP contribution in [-0.2, 0) is 18.4 Å². The molecule has 2 aromatic heterocycles. The van der Waals surface area contributed by atoms with Crippen molar-refractivity contribution in [3.63, 3.8) is 0 Å². The van der Waals surface area contributed by atoms with Crippen LogP contribution in [0.5, 0.6) is 0 Å². The van der Waals surface area contributed by atoms with E-state index >= 15 is 0 Å². The number of aromatic nitrogens is 3. The van der Waals surface area contributed by atoms with E-state index in [0.717, 1.165) is 34.9 Å². The summed E-state index contributed by atoms with van der Waals surface area (Å²) in [4.78, 5) is 48.0. The molecule has 1 saturated heterocycles. The predicted molar refractivity (Wildman–Crippen MR) is 136 cm³/mol. The summed E-state index contributed by atoms with van der Waals surface area (Å²) >= 11 is 0. The van der Waals surface area contributed by atoms with E-state index in [2.05, 4.69) is 9.88 Å². The summed E-state index contributed by atoms with van der Waals surface area (Å²) in [5.41, 5.74) is 1.33. The predicted octanol–water partition coefficient (Wildman–Crippen LogP) is 2.36. The summed E-state index contributed by atoms with van der Waals surface area (Å²) in [6.45, 7) is 2.73. The van der Waals surface area contributed by atoms with Gasteiger partial charge in [-0.05, 0) is 35.2 Å². The molecule has 2 fully saturated rings. The molecule has 2 aliphatic rings. The highest BCUT2D eigenvalue weighted by atomic mass is 16.2. The molecule has 1 saturated carbocycles. The van der Waals surface area contributed by atoms with Gasteiger partial charge in [-0.15, -0.1) is 0 Å². The summed E-state index contributed by atoms with van der Waals surface area (Å²) < 4.78 is 2.76. The lowest BCUT2D eigenvalue weighted by molar-refractivity contribution is -0.132. The standard InChI is InChI=1S/C27H27N5O3/c1-29-24-23(22(11-12-28-24)30-13-15-31(16-14-30)25(33)19-9-10-19)26(34)32(27(29)35)17-20-7-4-6-18-5-2-3-8-21(18)20/h2-8,11-12,19H,9-10,13-17H2,1H3. The number of aryl methyl sites for hydroxylation is 1. The molecule has 8 heteroatoms. The fourth-order valence-corrected chi connectivity index (χ4v) is 5.15. The number of piperazine rings is 1. The van der Waals surface area contributed by atoms with Crippen molar-refractivity contribution >= 4 is 33.4 Å². The minimum Gasteiger partial charge on any atom is -0.367 e. The van der Waals surface area contributed by atoms with Crippen molar-refractivity contribution in [1.29, 1.82) is 0 Å². The number of rotatable bonds is 4. The molecule has 0 spiro atoms. The highest BCUT2D eigenvalue weighted by Crippen LogP contribution is 2.32. The van der Waals surface area contributed by atoms with Gasteiger partial charge in [0.1, 0.15) is 5.39 Å². The number of carbonyl (C=O) groups is 1. The van der Waals surface area contributed by atoms with Gasteiger partial charge >= 0.3 is 5.69 Å². The zero-order valence-electron chi connectivity index (χ0n) is 19.7. The van der Waals surface area contributed by atoms with Crippen LogP contribution in [0.25, 0.3) is 21.8 Å². The monoisotopic (exact) mass is 469 g/mol. The van der Waals surface area contributed by atoms with Gasteiger partial charge < -0.3 is 9.80 Å². The number of fused-ring (bicyclic) bond motifs is 2. The Balaban J connectivity index is 1.41. The van der Waals surface area contributed by atoms with E-state index in [0.29, 0.717) is 37.2 Å². The molecule has 4 aromatic rings. The lowest BCUT2D eigenvalue weighted by Crippen LogP contribution is -2.49. The summed E-state index contributed by atoms with van der Waals surface area (Å²) in [6.07, 6.45) is 3.64. The summed E-state index contributed by atoms with van der Waals surface area (Å²) in [5.74, 6) is 0.461. The molecular formula is C27H27N5O3. The average Bonchev–Trinajstić information content (AvgIpc) is 3.75. The Morgan fingerprint density at radius 1 is 0.971 bits per heavy atom. The minimum absolute atomic E-state index is 0.181. The van der Waals surface area contributed by atoms with Crippen LogP contribution in [0.15, 0.2) is 64.3 Å². The Morgan fingerprint density at radius 3 is 2.49 bits per heavy atom. The largest absolute Gasteiger partial charge is 0.367 e. The SMILES string of the molecule is Cn1c(=O)n(Cc2cccc3ccccc23)c(=O)c2c(N3CCN(C(=O)C4CC4)CC3)ccnc21. The summed E-state index contributed by atoms with van der Waals surface area (Å²) in [6, 6.07) is 15.7. The Bertz CT molecular complexity index is 1570. The van der Waals surface area contributed by atoms with Crippen molar-refractivity contribution < 1.29 is 4.79 Å².